The van der Waals surface area contributed by atoms with Crippen LogP contribution in [0.1, 0.15) is 24.8 Å². The van der Waals surface area contributed by atoms with E-state index in [9.17, 15) is 4.79 Å². The standard InChI is InChI=1S/C24H28ClNO5/c1-28-16-23(27)26-8-10-30-24-19(14-26)11-18(17-5-4-6-20(25)12-17)13-22(24)31-15-21-7-2-3-9-29-21/h4-6,11-13,21H,2-3,7-10,14-16H2,1H3/t21-/m1/s1. The number of halogens is 1. The predicted molar refractivity (Wildman–Crippen MR) is 119 cm³/mol. The summed E-state index contributed by atoms with van der Waals surface area (Å²) in [6.07, 6.45) is 3.34. The lowest BCUT2D eigenvalue weighted by atomic mass is 10.0. The summed E-state index contributed by atoms with van der Waals surface area (Å²) in [5.74, 6) is 1.29. The zero-order valence-corrected chi connectivity index (χ0v) is 18.5. The first kappa shape index (κ1) is 21.9. The van der Waals surface area contributed by atoms with Crippen molar-refractivity contribution in [3.8, 4) is 22.6 Å². The number of ether oxygens (including phenoxy) is 4. The Hall–Kier alpha value is -2.28. The number of nitrogens with zero attached hydrogens (tertiary/aromatic N) is 1. The van der Waals surface area contributed by atoms with Crippen LogP contribution in [0.2, 0.25) is 5.02 Å². The number of hydrogen-bond donors (Lipinski definition) is 0. The monoisotopic (exact) mass is 445 g/mol. The van der Waals surface area contributed by atoms with Gasteiger partial charge in [0.05, 0.1) is 12.6 Å². The van der Waals surface area contributed by atoms with E-state index in [1.807, 2.05) is 36.4 Å². The van der Waals surface area contributed by atoms with Gasteiger partial charge in [-0.05, 0) is 54.7 Å². The van der Waals surface area contributed by atoms with E-state index in [1.54, 1.807) is 4.90 Å². The Kier molecular flexibility index (Phi) is 7.33. The summed E-state index contributed by atoms with van der Waals surface area (Å²) in [6.45, 7) is 2.63. The van der Waals surface area contributed by atoms with E-state index in [-0.39, 0.29) is 18.6 Å². The minimum atomic E-state index is -0.0646. The van der Waals surface area contributed by atoms with Crippen LogP contribution in [0.5, 0.6) is 11.5 Å². The molecule has 2 aliphatic rings. The van der Waals surface area contributed by atoms with Crippen molar-refractivity contribution >= 4 is 17.5 Å². The lowest BCUT2D eigenvalue weighted by Crippen LogP contribution is -2.34. The predicted octanol–water partition coefficient (Wildman–Crippen LogP) is 4.32. The highest BCUT2D eigenvalue weighted by Crippen LogP contribution is 2.39. The van der Waals surface area contributed by atoms with E-state index in [0.29, 0.717) is 42.8 Å². The number of rotatable bonds is 6. The maximum absolute atomic E-state index is 12.5. The van der Waals surface area contributed by atoms with E-state index >= 15 is 0 Å². The molecule has 7 heteroatoms. The molecule has 0 bridgehead atoms. The van der Waals surface area contributed by atoms with Crippen molar-refractivity contribution in [1.82, 2.24) is 4.90 Å². The molecule has 0 radical (unpaired) electrons. The third-order valence-corrected chi connectivity index (χ3v) is 5.81. The largest absolute Gasteiger partial charge is 0.487 e. The Morgan fingerprint density at radius 3 is 2.87 bits per heavy atom. The number of methoxy groups -OCH3 is 1. The van der Waals surface area contributed by atoms with Gasteiger partial charge in [-0.1, -0.05) is 23.7 Å². The van der Waals surface area contributed by atoms with Gasteiger partial charge in [0.25, 0.3) is 0 Å². The normalized spacial score (nSPS) is 18.6. The fraction of sp³-hybridized carbons (Fsp3) is 0.458. The molecule has 1 saturated heterocycles. The van der Waals surface area contributed by atoms with Gasteiger partial charge in [0, 0.05) is 30.8 Å². The SMILES string of the molecule is COCC(=O)N1CCOc2c(cc(-c3cccc(Cl)c3)cc2OC[C@H]2CCCCO2)C1. The molecule has 0 unspecified atom stereocenters. The molecule has 31 heavy (non-hydrogen) atoms. The Bertz CT molecular complexity index is 913. The quantitative estimate of drug-likeness (QED) is 0.662. The van der Waals surface area contributed by atoms with Gasteiger partial charge in [0.2, 0.25) is 5.91 Å². The molecule has 0 aromatic heterocycles. The van der Waals surface area contributed by atoms with Gasteiger partial charge < -0.3 is 23.8 Å². The van der Waals surface area contributed by atoms with Gasteiger partial charge in [-0.3, -0.25) is 4.79 Å². The molecule has 2 aliphatic heterocycles. The van der Waals surface area contributed by atoms with Crippen molar-refractivity contribution in [2.45, 2.75) is 31.9 Å². The first-order valence-corrected chi connectivity index (χ1v) is 11.1. The van der Waals surface area contributed by atoms with E-state index in [4.69, 9.17) is 30.5 Å². The maximum Gasteiger partial charge on any atom is 0.248 e. The molecular weight excluding hydrogens is 418 g/mol. The topological polar surface area (TPSA) is 57.2 Å². The van der Waals surface area contributed by atoms with Crippen LogP contribution in [0.3, 0.4) is 0 Å². The summed E-state index contributed by atoms with van der Waals surface area (Å²) in [4.78, 5) is 14.2. The van der Waals surface area contributed by atoms with Gasteiger partial charge in [0.1, 0.15) is 19.8 Å². The summed E-state index contributed by atoms with van der Waals surface area (Å²) < 4.78 is 23.2. The third-order valence-electron chi connectivity index (χ3n) is 5.58. The Labute approximate surface area is 188 Å². The lowest BCUT2D eigenvalue weighted by Gasteiger charge is -2.24. The molecule has 0 aliphatic carbocycles. The van der Waals surface area contributed by atoms with Crippen LogP contribution in [0.25, 0.3) is 11.1 Å². The van der Waals surface area contributed by atoms with Gasteiger partial charge in [0.15, 0.2) is 11.5 Å². The Morgan fingerprint density at radius 1 is 1.19 bits per heavy atom. The van der Waals surface area contributed by atoms with Crippen molar-refractivity contribution in [3.05, 3.63) is 47.0 Å². The average molecular weight is 446 g/mol. The second-order valence-electron chi connectivity index (χ2n) is 7.87. The van der Waals surface area contributed by atoms with Gasteiger partial charge >= 0.3 is 0 Å². The minimum Gasteiger partial charge on any atom is -0.487 e. The molecule has 2 aromatic carbocycles. The molecule has 0 saturated carbocycles. The molecule has 2 heterocycles. The van der Waals surface area contributed by atoms with E-state index in [0.717, 1.165) is 42.6 Å². The van der Waals surface area contributed by atoms with Gasteiger partial charge in [-0.25, -0.2) is 0 Å². The van der Waals surface area contributed by atoms with Crippen molar-refractivity contribution in [2.75, 3.05) is 40.1 Å². The molecule has 1 fully saturated rings. The number of benzene rings is 2. The Morgan fingerprint density at radius 2 is 2.10 bits per heavy atom. The number of fused-ring (bicyclic) bond motifs is 1. The van der Waals surface area contributed by atoms with E-state index in [1.165, 1.54) is 7.11 Å². The maximum atomic E-state index is 12.5. The van der Waals surface area contributed by atoms with E-state index < -0.39 is 0 Å². The van der Waals surface area contributed by atoms with Gasteiger partial charge in [-0.2, -0.15) is 0 Å². The molecule has 0 spiro atoms. The highest BCUT2D eigenvalue weighted by atomic mass is 35.5. The second-order valence-corrected chi connectivity index (χ2v) is 8.31. The van der Waals surface area contributed by atoms with E-state index in [2.05, 4.69) is 0 Å². The second kappa shape index (κ2) is 10.4. The molecule has 2 aromatic rings. The van der Waals surface area contributed by atoms with Crippen molar-refractivity contribution in [1.29, 1.82) is 0 Å². The summed E-state index contributed by atoms with van der Waals surface area (Å²) in [5.41, 5.74) is 2.84. The van der Waals surface area contributed by atoms with Crippen molar-refractivity contribution in [3.63, 3.8) is 0 Å². The van der Waals surface area contributed by atoms with Crippen LogP contribution in [0.4, 0.5) is 0 Å². The zero-order valence-electron chi connectivity index (χ0n) is 17.8. The summed E-state index contributed by atoms with van der Waals surface area (Å²) in [5, 5.41) is 0.665. The third kappa shape index (κ3) is 5.50. The smallest absolute Gasteiger partial charge is 0.248 e. The highest BCUT2D eigenvalue weighted by molar-refractivity contribution is 6.30. The molecule has 166 valence electrons. The molecule has 4 rings (SSSR count). The fourth-order valence-corrected chi connectivity index (χ4v) is 4.17. The molecule has 0 N–H and O–H groups in total. The van der Waals surface area contributed by atoms with Crippen LogP contribution in [0.15, 0.2) is 36.4 Å². The molecule has 1 atom stereocenters. The number of carbonyl (C=O) groups excluding carboxylic acids is 1. The first-order valence-electron chi connectivity index (χ1n) is 10.7. The Balaban J connectivity index is 1.66. The molecule has 1 amide bonds. The van der Waals surface area contributed by atoms with Crippen LogP contribution >= 0.6 is 11.6 Å². The van der Waals surface area contributed by atoms with Crippen LogP contribution in [-0.4, -0.2) is 57.0 Å². The summed E-state index contributed by atoms with van der Waals surface area (Å²) in [6, 6.07) is 11.7. The minimum absolute atomic E-state index is 0.0473. The van der Waals surface area contributed by atoms with Crippen LogP contribution < -0.4 is 9.47 Å². The summed E-state index contributed by atoms with van der Waals surface area (Å²) in [7, 11) is 1.52. The first-order chi connectivity index (χ1) is 15.1. The van der Waals surface area contributed by atoms with Crippen LogP contribution in [-0.2, 0) is 20.8 Å². The molecular formula is C24H28ClNO5. The highest BCUT2D eigenvalue weighted by Gasteiger charge is 2.24. The number of hydrogen-bond acceptors (Lipinski definition) is 5. The average Bonchev–Trinajstić information content (AvgIpc) is 3.01. The summed E-state index contributed by atoms with van der Waals surface area (Å²) >= 11 is 6.23. The number of amides is 1. The van der Waals surface area contributed by atoms with Gasteiger partial charge in [-0.15, -0.1) is 0 Å². The lowest BCUT2D eigenvalue weighted by molar-refractivity contribution is -0.135. The zero-order chi connectivity index (χ0) is 21.6. The fourth-order valence-electron chi connectivity index (χ4n) is 3.97. The number of carbonyl (C=O) groups is 1. The van der Waals surface area contributed by atoms with Crippen molar-refractivity contribution < 1.29 is 23.7 Å². The molecule has 6 nitrogen and oxygen atoms in total. The van der Waals surface area contributed by atoms with Crippen molar-refractivity contribution in [2.24, 2.45) is 0 Å². The van der Waals surface area contributed by atoms with Crippen LogP contribution in [0, 0.1) is 0 Å².